The smallest absolute Gasteiger partial charge is 0.0585 e. The lowest BCUT2D eigenvalue weighted by atomic mass is 10.4. The zero-order valence-corrected chi connectivity index (χ0v) is 5.30. The second kappa shape index (κ2) is 2.40. The fraction of sp³-hybridized carbons (Fsp3) is 0.143. The molecule has 0 aromatic heterocycles. The van der Waals surface area contributed by atoms with Crippen LogP contribution in [0.4, 0.5) is 0 Å². The minimum atomic E-state index is 0.833. The highest BCUT2D eigenvalue weighted by atomic mass is 15.5. The number of allylic oxidation sites excluding steroid dienone is 1. The molecule has 0 saturated heterocycles. The molecule has 2 nitrogen and oxygen atoms in total. The van der Waals surface area contributed by atoms with E-state index in [2.05, 4.69) is 24.7 Å². The molecular formula is C7H10N2. The fourth-order valence-electron chi connectivity index (χ4n) is 0.524. The van der Waals surface area contributed by atoms with Crippen LogP contribution in [0.5, 0.6) is 0 Å². The van der Waals surface area contributed by atoms with Crippen molar-refractivity contribution in [1.82, 2.24) is 10.4 Å². The summed E-state index contributed by atoms with van der Waals surface area (Å²) in [6.45, 7) is 8.20. The van der Waals surface area contributed by atoms with Crippen LogP contribution >= 0.6 is 0 Å². The Balaban J connectivity index is 2.25. The molecule has 1 N–H and O–H groups in total. The predicted molar refractivity (Wildman–Crippen MR) is 38.3 cm³/mol. The second-order valence-corrected chi connectivity index (χ2v) is 1.88. The van der Waals surface area contributed by atoms with Gasteiger partial charge in [0.25, 0.3) is 0 Å². The lowest BCUT2D eigenvalue weighted by Crippen LogP contribution is -2.36. The number of hydrogen-bond donors (Lipinski definition) is 1. The van der Waals surface area contributed by atoms with Gasteiger partial charge in [0.05, 0.1) is 6.54 Å². The molecule has 0 fully saturated rings. The number of rotatable bonds is 3. The van der Waals surface area contributed by atoms with E-state index in [1.807, 2.05) is 11.2 Å². The third kappa shape index (κ3) is 1.35. The molecule has 2 heteroatoms. The Morgan fingerprint density at radius 2 is 2.44 bits per heavy atom. The van der Waals surface area contributed by atoms with Crippen molar-refractivity contribution in [2.45, 2.75) is 0 Å². The highest BCUT2D eigenvalue weighted by Gasteiger charge is 2.01. The van der Waals surface area contributed by atoms with Gasteiger partial charge in [0.2, 0.25) is 0 Å². The Labute approximate surface area is 55.1 Å². The number of hydrazine groups is 1. The quantitative estimate of drug-likeness (QED) is 0.562. The van der Waals surface area contributed by atoms with Gasteiger partial charge in [-0.2, -0.15) is 0 Å². The van der Waals surface area contributed by atoms with Gasteiger partial charge in [-0.1, -0.05) is 13.2 Å². The Bertz CT molecular complexity index is 158. The van der Waals surface area contributed by atoms with Crippen LogP contribution in [-0.4, -0.2) is 11.6 Å². The van der Waals surface area contributed by atoms with Gasteiger partial charge >= 0.3 is 0 Å². The molecule has 0 spiro atoms. The molecule has 0 aliphatic carbocycles. The third-order valence-corrected chi connectivity index (χ3v) is 1.12. The Kier molecular flexibility index (Phi) is 1.58. The van der Waals surface area contributed by atoms with E-state index in [4.69, 9.17) is 0 Å². The lowest BCUT2D eigenvalue weighted by molar-refractivity contribution is 0.305. The minimum Gasteiger partial charge on any atom is -0.299 e. The van der Waals surface area contributed by atoms with E-state index in [0.717, 1.165) is 12.2 Å². The van der Waals surface area contributed by atoms with Crippen LogP contribution in [0.25, 0.3) is 0 Å². The zero-order valence-electron chi connectivity index (χ0n) is 5.30. The number of nitrogens with one attached hydrogen (secondary N) is 1. The van der Waals surface area contributed by atoms with Crippen LogP contribution in [0.1, 0.15) is 0 Å². The van der Waals surface area contributed by atoms with Crippen LogP contribution in [-0.2, 0) is 0 Å². The van der Waals surface area contributed by atoms with Crippen molar-refractivity contribution in [3.8, 4) is 0 Å². The molecule has 0 atom stereocenters. The predicted octanol–water partition coefficient (Wildman–Crippen LogP) is 1.02. The number of hydrogen-bond acceptors (Lipinski definition) is 2. The van der Waals surface area contributed by atoms with Crippen LogP contribution < -0.4 is 5.43 Å². The van der Waals surface area contributed by atoms with Gasteiger partial charge in [-0.25, -0.2) is 0 Å². The lowest BCUT2D eigenvalue weighted by Gasteiger charge is -2.26. The topological polar surface area (TPSA) is 15.3 Å². The average molecular weight is 122 g/mol. The molecule has 1 aliphatic heterocycles. The molecule has 1 aliphatic rings. The summed E-state index contributed by atoms with van der Waals surface area (Å²) in [6, 6.07) is 0. The molecular weight excluding hydrogens is 112 g/mol. The monoisotopic (exact) mass is 122 g/mol. The third-order valence-electron chi connectivity index (χ3n) is 1.12. The molecule has 0 aromatic carbocycles. The molecule has 48 valence electrons. The molecule has 1 rings (SSSR count). The van der Waals surface area contributed by atoms with Gasteiger partial charge in [-0.05, 0) is 12.2 Å². The highest BCUT2D eigenvalue weighted by Crippen LogP contribution is 1.98. The first-order valence-electron chi connectivity index (χ1n) is 2.84. The number of nitrogens with zero attached hydrogens (tertiary/aromatic N) is 1. The maximum absolute atomic E-state index is 3.69. The van der Waals surface area contributed by atoms with E-state index < -0.39 is 0 Å². The van der Waals surface area contributed by atoms with Gasteiger partial charge in [0, 0.05) is 11.9 Å². The summed E-state index contributed by atoms with van der Waals surface area (Å²) in [5.74, 6) is 0. The SMILES string of the molecule is C=CC(=C)NN1C=CC1. The molecule has 0 radical (unpaired) electrons. The summed E-state index contributed by atoms with van der Waals surface area (Å²) in [4.78, 5) is 0. The first-order chi connectivity index (χ1) is 4.33. The fourth-order valence-corrected chi connectivity index (χ4v) is 0.524. The van der Waals surface area contributed by atoms with Crippen molar-refractivity contribution in [3.63, 3.8) is 0 Å². The molecule has 1 heterocycles. The second-order valence-electron chi connectivity index (χ2n) is 1.88. The zero-order chi connectivity index (χ0) is 6.69. The van der Waals surface area contributed by atoms with Crippen molar-refractivity contribution in [3.05, 3.63) is 37.2 Å². The molecule has 0 aromatic rings. The van der Waals surface area contributed by atoms with Crippen molar-refractivity contribution >= 4 is 0 Å². The van der Waals surface area contributed by atoms with Gasteiger partial charge in [-0.3, -0.25) is 10.4 Å². The summed E-state index contributed by atoms with van der Waals surface area (Å²) in [6.07, 6.45) is 5.70. The van der Waals surface area contributed by atoms with Gasteiger partial charge in [0.1, 0.15) is 0 Å². The van der Waals surface area contributed by atoms with E-state index in [0.29, 0.717) is 0 Å². The highest BCUT2D eigenvalue weighted by molar-refractivity contribution is 5.10. The van der Waals surface area contributed by atoms with Crippen molar-refractivity contribution < 1.29 is 0 Å². The van der Waals surface area contributed by atoms with E-state index in [9.17, 15) is 0 Å². The first-order valence-corrected chi connectivity index (χ1v) is 2.84. The molecule has 9 heavy (non-hydrogen) atoms. The summed E-state index contributed by atoms with van der Waals surface area (Å²) < 4.78 is 0. The average Bonchev–Trinajstić information content (AvgIpc) is 1.78. The maximum atomic E-state index is 3.69. The van der Waals surface area contributed by atoms with Crippen LogP contribution in [0.2, 0.25) is 0 Å². The summed E-state index contributed by atoms with van der Waals surface area (Å²) in [7, 11) is 0. The van der Waals surface area contributed by atoms with E-state index in [-0.39, 0.29) is 0 Å². The summed E-state index contributed by atoms with van der Waals surface area (Å²) in [5, 5.41) is 1.93. The van der Waals surface area contributed by atoms with Gasteiger partial charge < -0.3 is 0 Å². The van der Waals surface area contributed by atoms with E-state index >= 15 is 0 Å². The molecule has 0 bridgehead atoms. The largest absolute Gasteiger partial charge is 0.299 e. The normalized spacial score (nSPS) is 14.4. The molecule has 0 unspecified atom stereocenters. The Morgan fingerprint density at radius 1 is 1.78 bits per heavy atom. The van der Waals surface area contributed by atoms with Gasteiger partial charge in [0.15, 0.2) is 0 Å². The van der Waals surface area contributed by atoms with Crippen LogP contribution in [0, 0.1) is 0 Å². The minimum absolute atomic E-state index is 0.833. The van der Waals surface area contributed by atoms with Crippen LogP contribution in [0.15, 0.2) is 37.2 Å². The van der Waals surface area contributed by atoms with E-state index in [1.54, 1.807) is 6.08 Å². The Morgan fingerprint density at radius 3 is 2.78 bits per heavy atom. The van der Waals surface area contributed by atoms with E-state index in [1.165, 1.54) is 0 Å². The maximum Gasteiger partial charge on any atom is 0.0585 e. The van der Waals surface area contributed by atoms with Crippen LogP contribution in [0.3, 0.4) is 0 Å². The van der Waals surface area contributed by atoms with Crippen molar-refractivity contribution in [2.24, 2.45) is 0 Å². The van der Waals surface area contributed by atoms with Gasteiger partial charge in [-0.15, -0.1) is 0 Å². The van der Waals surface area contributed by atoms with Crippen molar-refractivity contribution in [1.29, 1.82) is 0 Å². The molecule has 0 saturated carbocycles. The summed E-state index contributed by atoms with van der Waals surface area (Å²) >= 11 is 0. The summed E-state index contributed by atoms with van der Waals surface area (Å²) in [5.41, 5.74) is 3.83. The standard InChI is InChI=1S/C7H10N2/c1-3-7(2)8-9-5-4-6-9/h3-5,8H,1-2,6H2. The molecule has 0 amide bonds. The first kappa shape index (κ1) is 5.95. The van der Waals surface area contributed by atoms with Crippen molar-refractivity contribution in [2.75, 3.05) is 6.54 Å². The Hall–Kier alpha value is -1.18.